The molecule has 2 aromatic rings. The first-order valence-corrected chi connectivity index (χ1v) is 6.06. The second-order valence-electron chi connectivity index (χ2n) is 4.30. The van der Waals surface area contributed by atoms with Crippen molar-refractivity contribution >= 4 is 11.8 Å². The van der Waals surface area contributed by atoms with E-state index < -0.39 is 5.97 Å². The average molecular weight is 272 g/mol. The zero-order valence-electron chi connectivity index (χ0n) is 10.9. The summed E-state index contributed by atoms with van der Waals surface area (Å²) in [5.74, 6) is -0.956. The number of ether oxygens (including phenoxy) is 1. The van der Waals surface area contributed by atoms with Gasteiger partial charge in [-0.3, -0.25) is 4.79 Å². The van der Waals surface area contributed by atoms with Gasteiger partial charge < -0.3 is 4.74 Å². The van der Waals surface area contributed by atoms with E-state index in [0.29, 0.717) is 16.7 Å². The molecule has 0 amide bonds. The Hall–Kier alpha value is -2.49. The van der Waals surface area contributed by atoms with Gasteiger partial charge in [-0.2, -0.15) is 0 Å². The van der Waals surface area contributed by atoms with Gasteiger partial charge in [0, 0.05) is 12.0 Å². The van der Waals surface area contributed by atoms with Crippen LogP contribution in [0.15, 0.2) is 48.5 Å². The molecule has 3 nitrogen and oxygen atoms in total. The number of carbonyl (C=O) groups excluding carboxylic acids is 2. The maximum Gasteiger partial charge on any atom is 0.337 e. The number of carbonyl (C=O) groups is 2. The third kappa shape index (κ3) is 3.29. The van der Waals surface area contributed by atoms with E-state index in [2.05, 4.69) is 4.74 Å². The van der Waals surface area contributed by atoms with Crippen LogP contribution >= 0.6 is 0 Å². The van der Waals surface area contributed by atoms with E-state index >= 15 is 0 Å². The van der Waals surface area contributed by atoms with Crippen LogP contribution in [-0.2, 0) is 11.2 Å². The molecule has 0 unspecified atom stereocenters. The van der Waals surface area contributed by atoms with Gasteiger partial charge in [0.05, 0.1) is 12.7 Å². The van der Waals surface area contributed by atoms with E-state index in [4.69, 9.17) is 0 Å². The van der Waals surface area contributed by atoms with Crippen LogP contribution in [0, 0.1) is 5.82 Å². The lowest BCUT2D eigenvalue weighted by atomic mass is 10.0. The molecule has 4 heteroatoms. The fourth-order valence-electron chi connectivity index (χ4n) is 1.85. The summed E-state index contributed by atoms with van der Waals surface area (Å²) in [7, 11) is 1.30. The quantitative estimate of drug-likeness (QED) is 0.634. The van der Waals surface area contributed by atoms with E-state index in [-0.39, 0.29) is 18.0 Å². The van der Waals surface area contributed by atoms with Gasteiger partial charge in [-0.15, -0.1) is 0 Å². The molecule has 0 radical (unpaired) electrons. The van der Waals surface area contributed by atoms with E-state index in [1.807, 2.05) is 0 Å². The van der Waals surface area contributed by atoms with Crippen LogP contribution < -0.4 is 0 Å². The molecule has 102 valence electrons. The molecule has 0 saturated carbocycles. The van der Waals surface area contributed by atoms with Crippen molar-refractivity contribution in [1.82, 2.24) is 0 Å². The maximum absolute atomic E-state index is 12.8. The number of benzene rings is 2. The molecule has 0 spiro atoms. The first kappa shape index (κ1) is 13.9. The number of methoxy groups -OCH3 is 1. The minimum Gasteiger partial charge on any atom is -0.465 e. The number of esters is 1. The van der Waals surface area contributed by atoms with Crippen LogP contribution in [0.25, 0.3) is 0 Å². The molecule has 0 aromatic heterocycles. The monoisotopic (exact) mass is 272 g/mol. The molecule has 2 aromatic carbocycles. The Kier molecular flexibility index (Phi) is 4.25. The van der Waals surface area contributed by atoms with Crippen molar-refractivity contribution in [3.05, 3.63) is 71.0 Å². The molecular weight excluding hydrogens is 259 g/mol. The molecule has 20 heavy (non-hydrogen) atoms. The zero-order valence-corrected chi connectivity index (χ0v) is 10.9. The van der Waals surface area contributed by atoms with E-state index in [0.717, 1.165) is 0 Å². The van der Waals surface area contributed by atoms with Gasteiger partial charge in [-0.1, -0.05) is 12.1 Å². The van der Waals surface area contributed by atoms with E-state index in [1.54, 1.807) is 24.3 Å². The van der Waals surface area contributed by atoms with Crippen molar-refractivity contribution in [3.63, 3.8) is 0 Å². The third-order valence-corrected chi connectivity index (χ3v) is 2.88. The predicted octanol–water partition coefficient (Wildman–Crippen LogP) is 3.04. The average Bonchev–Trinajstić information content (AvgIpc) is 2.47. The highest BCUT2D eigenvalue weighted by Gasteiger charge is 2.10. The summed E-state index contributed by atoms with van der Waals surface area (Å²) in [6, 6.07) is 12.1. The molecule has 0 saturated heterocycles. The second kappa shape index (κ2) is 6.10. The minimum atomic E-state index is -0.443. The van der Waals surface area contributed by atoms with Crippen LogP contribution in [0.5, 0.6) is 0 Å². The molecule has 0 bridgehead atoms. The summed E-state index contributed by atoms with van der Waals surface area (Å²) in [5, 5.41) is 0. The summed E-state index contributed by atoms with van der Waals surface area (Å²) >= 11 is 0. The molecule has 0 fully saturated rings. The molecule has 0 aliphatic heterocycles. The van der Waals surface area contributed by atoms with Crippen LogP contribution in [0.3, 0.4) is 0 Å². The standard InChI is InChI=1S/C16H13FO3/c1-20-16(19)13-4-2-3-11(9-13)10-15(18)12-5-7-14(17)8-6-12/h2-9H,10H2,1H3. The van der Waals surface area contributed by atoms with Gasteiger partial charge in [0.1, 0.15) is 5.82 Å². The highest BCUT2D eigenvalue weighted by Crippen LogP contribution is 2.11. The number of ketones is 1. The summed E-state index contributed by atoms with van der Waals surface area (Å²) in [5.41, 5.74) is 1.55. The smallest absolute Gasteiger partial charge is 0.337 e. The minimum absolute atomic E-state index is 0.132. The highest BCUT2D eigenvalue weighted by molar-refractivity contribution is 5.98. The first-order chi connectivity index (χ1) is 9.60. The topological polar surface area (TPSA) is 43.4 Å². The fraction of sp³-hybridized carbons (Fsp3) is 0.125. The van der Waals surface area contributed by atoms with Crippen LogP contribution in [0.1, 0.15) is 26.3 Å². The lowest BCUT2D eigenvalue weighted by Crippen LogP contribution is -2.06. The highest BCUT2D eigenvalue weighted by atomic mass is 19.1. The Morgan fingerprint density at radius 3 is 2.40 bits per heavy atom. The van der Waals surface area contributed by atoms with Crippen LogP contribution in [-0.4, -0.2) is 18.9 Å². The van der Waals surface area contributed by atoms with Gasteiger partial charge in [0.2, 0.25) is 0 Å². The van der Waals surface area contributed by atoms with Crippen molar-refractivity contribution in [2.45, 2.75) is 6.42 Å². The van der Waals surface area contributed by atoms with Crippen LogP contribution in [0.2, 0.25) is 0 Å². The number of rotatable bonds is 4. The number of hydrogen-bond donors (Lipinski definition) is 0. The number of halogens is 1. The Labute approximate surface area is 116 Å². The van der Waals surface area contributed by atoms with Crippen molar-refractivity contribution in [1.29, 1.82) is 0 Å². The molecule has 0 N–H and O–H groups in total. The first-order valence-electron chi connectivity index (χ1n) is 6.06. The fourth-order valence-corrected chi connectivity index (χ4v) is 1.85. The van der Waals surface area contributed by atoms with Gasteiger partial charge in [-0.25, -0.2) is 9.18 Å². The van der Waals surface area contributed by atoms with Gasteiger partial charge in [-0.05, 0) is 42.0 Å². The zero-order chi connectivity index (χ0) is 14.5. The molecule has 2 rings (SSSR count). The second-order valence-corrected chi connectivity index (χ2v) is 4.30. The Balaban J connectivity index is 2.15. The Bertz CT molecular complexity index is 632. The number of hydrogen-bond acceptors (Lipinski definition) is 3. The van der Waals surface area contributed by atoms with Gasteiger partial charge in [0.25, 0.3) is 0 Å². The van der Waals surface area contributed by atoms with E-state index in [9.17, 15) is 14.0 Å². The Morgan fingerprint density at radius 2 is 1.75 bits per heavy atom. The van der Waals surface area contributed by atoms with E-state index in [1.165, 1.54) is 31.4 Å². The Morgan fingerprint density at radius 1 is 1.05 bits per heavy atom. The largest absolute Gasteiger partial charge is 0.465 e. The molecular formula is C16H13FO3. The number of Topliss-reactive ketones (excluding diaryl/α,β-unsaturated/α-hetero) is 1. The van der Waals surface area contributed by atoms with Gasteiger partial charge >= 0.3 is 5.97 Å². The predicted molar refractivity (Wildman–Crippen MR) is 72.2 cm³/mol. The lowest BCUT2D eigenvalue weighted by molar-refractivity contribution is 0.0600. The molecule has 0 atom stereocenters. The SMILES string of the molecule is COC(=O)c1cccc(CC(=O)c2ccc(F)cc2)c1. The van der Waals surface area contributed by atoms with Crippen molar-refractivity contribution in [3.8, 4) is 0 Å². The lowest BCUT2D eigenvalue weighted by Gasteiger charge is -2.04. The van der Waals surface area contributed by atoms with Crippen molar-refractivity contribution in [2.75, 3.05) is 7.11 Å². The summed E-state index contributed by atoms with van der Waals surface area (Å²) < 4.78 is 17.4. The summed E-state index contributed by atoms with van der Waals surface area (Å²) in [4.78, 5) is 23.4. The van der Waals surface area contributed by atoms with Gasteiger partial charge in [0.15, 0.2) is 5.78 Å². The molecule has 0 aliphatic rings. The van der Waals surface area contributed by atoms with Crippen molar-refractivity contribution in [2.24, 2.45) is 0 Å². The summed E-state index contributed by atoms with van der Waals surface area (Å²) in [6.07, 6.45) is 0.149. The third-order valence-electron chi connectivity index (χ3n) is 2.88. The van der Waals surface area contributed by atoms with Crippen LogP contribution in [0.4, 0.5) is 4.39 Å². The molecule has 0 aliphatic carbocycles. The summed E-state index contributed by atoms with van der Waals surface area (Å²) in [6.45, 7) is 0. The molecule has 0 heterocycles. The maximum atomic E-state index is 12.8. The van der Waals surface area contributed by atoms with Crippen molar-refractivity contribution < 1.29 is 18.7 Å². The normalized spacial score (nSPS) is 10.1.